The van der Waals surface area contributed by atoms with E-state index in [0.29, 0.717) is 5.76 Å². The molecule has 2 heterocycles. The topological polar surface area (TPSA) is 30.2 Å². The lowest BCUT2D eigenvalue weighted by molar-refractivity contribution is 0.0960. The molecule has 3 rings (SSSR count). The van der Waals surface area contributed by atoms with Crippen LogP contribution in [0.25, 0.3) is 11.0 Å². The van der Waals surface area contributed by atoms with Gasteiger partial charge in [0, 0.05) is 5.39 Å². The molecule has 0 saturated carbocycles. The molecule has 3 heteroatoms. The monoisotopic (exact) mass is 246 g/mol. The summed E-state index contributed by atoms with van der Waals surface area (Å²) in [5, 5.41) is 1.11. The number of thioether (sulfide) groups is 1. The second-order valence-electron chi connectivity index (χ2n) is 4.37. The van der Waals surface area contributed by atoms with Gasteiger partial charge in [0.2, 0.25) is 5.78 Å². The molecule has 0 radical (unpaired) electrons. The fraction of sp³-hybridized carbons (Fsp3) is 0.357. The van der Waals surface area contributed by atoms with Gasteiger partial charge in [0.25, 0.3) is 0 Å². The molecular formula is C14H14O2S. The molecule has 1 atom stereocenters. The van der Waals surface area contributed by atoms with Crippen molar-refractivity contribution in [2.75, 3.05) is 5.75 Å². The Kier molecular flexibility index (Phi) is 2.93. The minimum Gasteiger partial charge on any atom is -0.453 e. The predicted molar refractivity (Wildman–Crippen MR) is 70.6 cm³/mol. The van der Waals surface area contributed by atoms with Crippen LogP contribution >= 0.6 is 11.8 Å². The van der Waals surface area contributed by atoms with Crippen LogP contribution in [0.5, 0.6) is 0 Å². The van der Waals surface area contributed by atoms with Crippen molar-refractivity contribution >= 4 is 28.5 Å². The zero-order valence-electron chi connectivity index (χ0n) is 9.52. The van der Waals surface area contributed by atoms with Gasteiger partial charge < -0.3 is 4.42 Å². The maximum Gasteiger partial charge on any atom is 0.210 e. The Hall–Kier alpha value is -1.22. The number of benzene rings is 1. The van der Waals surface area contributed by atoms with Gasteiger partial charge in [-0.2, -0.15) is 11.8 Å². The zero-order valence-corrected chi connectivity index (χ0v) is 10.3. The van der Waals surface area contributed by atoms with Crippen molar-refractivity contribution < 1.29 is 9.21 Å². The van der Waals surface area contributed by atoms with Crippen molar-refractivity contribution in [1.29, 1.82) is 0 Å². The summed E-state index contributed by atoms with van der Waals surface area (Å²) in [4.78, 5) is 12.3. The first-order valence-corrected chi connectivity index (χ1v) is 7.04. The van der Waals surface area contributed by atoms with E-state index in [9.17, 15) is 4.79 Å². The molecule has 0 spiro atoms. The molecular weight excluding hydrogens is 232 g/mol. The molecule has 0 bridgehead atoms. The molecule has 1 aliphatic rings. The zero-order chi connectivity index (χ0) is 11.7. The van der Waals surface area contributed by atoms with Gasteiger partial charge in [-0.25, -0.2) is 0 Å². The Morgan fingerprint density at radius 2 is 2.18 bits per heavy atom. The maximum atomic E-state index is 12.3. The van der Waals surface area contributed by atoms with Crippen molar-refractivity contribution in [1.82, 2.24) is 0 Å². The van der Waals surface area contributed by atoms with Gasteiger partial charge in [-0.1, -0.05) is 24.6 Å². The molecule has 1 saturated heterocycles. The molecule has 1 unspecified atom stereocenters. The average Bonchev–Trinajstić information content (AvgIpc) is 2.82. The highest BCUT2D eigenvalue weighted by Crippen LogP contribution is 2.29. The number of carbonyl (C=O) groups is 1. The van der Waals surface area contributed by atoms with E-state index in [2.05, 4.69) is 0 Å². The molecule has 0 amide bonds. The molecule has 1 aliphatic heterocycles. The van der Waals surface area contributed by atoms with Crippen LogP contribution in [0, 0.1) is 0 Å². The number of ketones is 1. The third-order valence-electron chi connectivity index (χ3n) is 3.14. The number of furan rings is 1. The fourth-order valence-corrected chi connectivity index (χ4v) is 3.47. The van der Waals surface area contributed by atoms with Crippen LogP contribution in [0.1, 0.15) is 29.8 Å². The molecule has 1 fully saturated rings. The lowest BCUT2D eigenvalue weighted by Crippen LogP contribution is -2.20. The van der Waals surface area contributed by atoms with Crippen LogP contribution in [0.3, 0.4) is 0 Å². The highest BCUT2D eigenvalue weighted by atomic mass is 32.2. The lowest BCUT2D eigenvalue weighted by Gasteiger charge is -2.18. The fourth-order valence-electron chi connectivity index (χ4n) is 2.21. The molecule has 88 valence electrons. The first kappa shape index (κ1) is 10.9. The van der Waals surface area contributed by atoms with Crippen LogP contribution < -0.4 is 0 Å². The van der Waals surface area contributed by atoms with Gasteiger partial charge in [-0.15, -0.1) is 0 Å². The minimum absolute atomic E-state index is 0.101. The summed E-state index contributed by atoms with van der Waals surface area (Å²) in [5.41, 5.74) is 0.802. The second-order valence-corrected chi connectivity index (χ2v) is 5.68. The molecule has 2 aromatic rings. The summed E-state index contributed by atoms with van der Waals surface area (Å²) in [7, 11) is 0. The van der Waals surface area contributed by atoms with Crippen LogP contribution in [-0.2, 0) is 0 Å². The highest BCUT2D eigenvalue weighted by Gasteiger charge is 2.25. The third-order valence-corrected chi connectivity index (χ3v) is 4.52. The molecule has 0 N–H and O–H groups in total. The first-order valence-electron chi connectivity index (χ1n) is 5.99. The summed E-state index contributed by atoms with van der Waals surface area (Å²) in [5.74, 6) is 1.77. The maximum absolute atomic E-state index is 12.3. The number of Topliss-reactive ketones (excluding diaryl/α,β-unsaturated/α-hetero) is 1. The van der Waals surface area contributed by atoms with Crippen LogP contribution in [0.4, 0.5) is 0 Å². The number of hydrogen-bond acceptors (Lipinski definition) is 3. The Labute approximate surface area is 104 Å². The Bertz CT molecular complexity index is 505. The van der Waals surface area contributed by atoms with Crippen LogP contribution in [-0.4, -0.2) is 16.8 Å². The quantitative estimate of drug-likeness (QED) is 0.753. The summed E-state index contributed by atoms with van der Waals surface area (Å²) in [6.45, 7) is 0. The molecule has 0 aliphatic carbocycles. The lowest BCUT2D eigenvalue weighted by atomic mass is 10.1. The van der Waals surface area contributed by atoms with Crippen molar-refractivity contribution in [3.8, 4) is 0 Å². The Balaban J connectivity index is 1.89. The predicted octanol–water partition coefficient (Wildman–Crippen LogP) is 3.90. The van der Waals surface area contributed by atoms with Gasteiger partial charge in [0.1, 0.15) is 5.58 Å². The van der Waals surface area contributed by atoms with Gasteiger partial charge in [-0.05, 0) is 30.7 Å². The number of carbonyl (C=O) groups excluding carboxylic acids is 1. The van der Waals surface area contributed by atoms with E-state index in [4.69, 9.17) is 4.42 Å². The molecule has 17 heavy (non-hydrogen) atoms. The van der Waals surface area contributed by atoms with Crippen LogP contribution in [0.15, 0.2) is 34.7 Å². The first-order chi connectivity index (χ1) is 8.34. The molecule has 1 aromatic heterocycles. The largest absolute Gasteiger partial charge is 0.453 e. The summed E-state index contributed by atoms with van der Waals surface area (Å²) in [6.07, 6.45) is 3.37. The van der Waals surface area contributed by atoms with Gasteiger partial charge in [-0.3, -0.25) is 4.79 Å². The molecule has 1 aromatic carbocycles. The van der Waals surface area contributed by atoms with E-state index in [-0.39, 0.29) is 11.0 Å². The second kappa shape index (κ2) is 4.57. The smallest absolute Gasteiger partial charge is 0.210 e. The Morgan fingerprint density at radius 3 is 2.94 bits per heavy atom. The summed E-state index contributed by atoms with van der Waals surface area (Å²) < 4.78 is 5.62. The van der Waals surface area contributed by atoms with Gasteiger partial charge >= 0.3 is 0 Å². The number of rotatable bonds is 2. The standard InChI is InChI=1S/C14H14O2S/c15-14(13-7-3-4-8-17-13)12-9-10-5-1-2-6-11(10)16-12/h1-2,5-6,9,13H,3-4,7-8H2. The summed E-state index contributed by atoms with van der Waals surface area (Å²) >= 11 is 1.77. The van der Waals surface area contributed by atoms with E-state index in [0.717, 1.165) is 29.6 Å². The number of para-hydroxylation sites is 1. The Morgan fingerprint density at radius 1 is 1.29 bits per heavy atom. The van der Waals surface area contributed by atoms with Gasteiger partial charge in [0.05, 0.1) is 5.25 Å². The number of fused-ring (bicyclic) bond motifs is 1. The van der Waals surface area contributed by atoms with Crippen molar-refractivity contribution in [2.45, 2.75) is 24.5 Å². The highest BCUT2D eigenvalue weighted by molar-refractivity contribution is 8.00. The summed E-state index contributed by atoms with van der Waals surface area (Å²) in [6, 6.07) is 9.63. The number of hydrogen-bond donors (Lipinski definition) is 0. The van der Waals surface area contributed by atoms with E-state index in [1.54, 1.807) is 11.8 Å². The third kappa shape index (κ3) is 2.12. The molecule has 2 nitrogen and oxygen atoms in total. The van der Waals surface area contributed by atoms with Crippen LogP contribution in [0.2, 0.25) is 0 Å². The SMILES string of the molecule is O=C(c1cc2ccccc2o1)C1CCCCS1. The average molecular weight is 246 g/mol. The van der Waals surface area contributed by atoms with Crippen molar-refractivity contribution in [3.05, 3.63) is 36.1 Å². The van der Waals surface area contributed by atoms with E-state index in [1.807, 2.05) is 30.3 Å². The van der Waals surface area contributed by atoms with Crippen molar-refractivity contribution in [3.63, 3.8) is 0 Å². The van der Waals surface area contributed by atoms with Gasteiger partial charge in [0.15, 0.2) is 5.76 Å². The van der Waals surface area contributed by atoms with E-state index < -0.39 is 0 Å². The normalized spacial score (nSPS) is 20.6. The van der Waals surface area contributed by atoms with Crippen molar-refractivity contribution in [2.24, 2.45) is 0 Å². The van der Waals surface area contributed by atoms with E-state index >= 15 is 0 Å². The minimum atomic E-state index is 0.101. The van der Waals surface area contributed by atoms with E-state index in [1.165, 1.54) is 6.42 Å².